The summed E-state index contributed by atoms with van der Waals surface area (Å²) < 4.78 is 5.65. The first kappa shape index (κ1) is 14.0. The highest BCUT2D eigenvalue weighted by Crippen LogP contribution is 2.13. The van der Waals surface area contributed by atoms with Crippen LogP contribution in [0, 0.1) is 0 Å². The van der Waals surface area contributed by atoms with Crippen LogP contribution in [0.5, 0.6) is 5.75 Å². The molecule has 0 spiro atoms. The second-order valence-corrected chi connectivity index (χ2v) is 4.72. The fourth-order valence-electron chi connectivity index (χ4n) is 1.62. The topological polar surface area (TPSA) is 35.2 Å². The molecule has 0 aliphatic rings. The summed E-state index contributed by atoms with van der Waals surface area (Å²) in [6.07, 6.45) is 5.58. The first-order valence-corrected chi connectivity index (χ1v) is 6.63. The lowest BCUT2D eigenvalue weighted by molar-refractivity contribution is 0.305. The average molecular weight is 251 g/mol. The molecule has 0 amide bonds. The van der Waals surface area contributed by atoms with Gasteiger partial charge in [-0.3, -0.25) is 0 Å². The fourth-order valence-corrected chi connectivity index (χ4v) is 1.79. The second kappa shape index (κ2) is 8.07. The van der Waals surface area contributed by atoms with Crippen LogP contribution in [0.2, 0.25) is 0 Å². The molecule has 0 radical (unpaired) electrons. The SMILES string of the molecule is CCCCCCOc1ccc(CC(N)=S)cc1. The number of unbranched alkanes of at least 4 members (excludes halogenated alkanes) is 3. The molecule has 0 saturated carbocycles. The zero-order valence-electron chi connectivity index (χ0n) is 10.4. The van der Waals surface area contributed by atoms with Crippen molar-refractivity contribution in [1.29, 1.82) is 0 Å². The van der Waals surface area contributed by atoms with Gasteiger partial charge in [0.25, 0.3) is 0 Å². The number of thiocarbonyl (C=S) groups is 1. The molecule has 0 heterocycles. The fraction of sp³-hybridized carbons (Fsp3) is 0.500. The highest BCUT2D eigenvalue weighted by molar-refractivity contribution is 7.80. The standard InChI is InChI=1S/C14H21NOS/c1-2-3-4-5-10-16-13-8-6-12(7-9-13)11-14(15)17/h6-9H,2-5,10-11H2,1H3,(H2,15,17). The van der Waals surface area contributed by atoms with Gasteiger partial charge in [-0.05, 0) is 24.1 Å². The minimum absolute atomic E-state index is 0.526. The van der Waals surface area contributed by atoms with Gasteiger partial charge >= 0.3 is 0 Å². The monoisotopic (exact) mass is 251 g/mol. The molecule has 0 atom stereocenters. The Hall–Kier alpha value is -1.09. The van der Waals surface area contributed by atoms with Crippen LogP contribution in [0.4, 0.5) is 0 Å². The lowest BCUT2D eigenvalue weighted by Crippen LogP contribution is -2.10. The van der Waals surface area contributed by atoms with Crippen LogP contribution in [-0.2, 0) is 6.42 Å². The summed E-state index contributed by atoms with van der Waals surface area (Å²) in [6, 6.07) is 7.99. The zero-order chi connectivity index (χ0) is 12.5. The molecule has 0 fully saturated rings. The molecule has 3 heteroatoms. The van der Waals surface area contributed by atoms with Crippen molar-refractivity contribution in [2.45, 2.75) is 39.0 Å². The van der Waals surface area contributed by atoms with Gasteiger partial charge in [0.2, 0.25) is 0 Å². The third-order valence-corrected chi connectivity index (χ3v) is 2.71. The highest BCUT2D eigenvalue weighted by atomic mass is 32.1. The van der Waals surface area contributed by atoms with Crippen molar-refractivity contribution in [3.63, 3.8) is 0 Å². The number of hydrogen-bond donors (Lipinski definition) is 1. The van der Waals surface area contributed by atoms with Crippen molar-refractivity contribution in [2.24, 2.45) is 5.73 Å². The Morgan fingerprint density at radius 3 is 2.47 bits per heavy atom. The maximum absolute atomic E-state index is 5.65. The maximum atomic E-state index is 5.65. The molecule has 1 rings (SSSR count). The molecular weight excluding hydrogens is 230 g/mol. The van der Waals surface area contributed by atoms with E-state index in [1.165, 1.54) is 19.3 Å². The van der Waals surface area contributed by atoms with E-state index in [1.807, 2.05) is 24.3 Å². The van der Waals surface area contributed by atoms with Gasteiger partial charge in [0.05, 0.1) is 11.6 Å². The van der Waals surface area contributed by atoms with Crippen LogP contribution in [0.1, 0.15) is 38.2 Å². The van der Waals surface area contributed by atoms with Gasteiger partial charge in [-0.1, -0.05) is 50.5 Å². The van der Waals surface area contributed by atoms with E-state index in [4.69, 9.17) is 22.7 Å². The van der Waals surface area contributed by atoms with Crippen LogP contribution in [0.25, 0.3) is 0 Å². The summed E-state index contributed by atoms with van der Waals surface area (Å²) in [6.45, 7) is 3.01. The van der Waals surface area contributed by atoms with Gasteiger partial charge in [0.1, 0.15) is 5.75 Å². The van der Waals surface area contributed by atoms with Crippen molar-refractivity contribution in [2.75, 3.05) is 6.61 Å². The molecule has 94 valence electrons. The Balaban J connectivity index is 2.28. The Morgan fingerprint density at radius 2 is 1.88 bits per heavy atom. The van der Waals surface area contributed by atoms with Crippen LogP contribution < -0.4 is 10.5 Å². The number of ether oxygens (including phenoxy) is 1. The van der Waals surface area contributed by atoms with Crippen LogP contribution in [0.15, 0.2) is 24.3 Å². The van der Waals surface area contributed by atoms with E-state index in [-0.39, 0.29) is 0 Å². The quantitative estimate of drug-likeness (QED) is 0.567. The number of benzene rings is 1. The third kappa shape index (κ3) is 6.27. The summed E-state index contributed by atoms with van der Waals surface area (Å²) in [7, 11) is 0. The summed E-state index contributed by atoms with van der Waals surface area (Å²) in [5, 5.41) is 0. The van der Waals surface area contributed by atoms with Gasteiger partial charge in [0, 0.05) is 6.42 Å². The van der Waals surface area contributed by atoms with E-state index >= 15 is 0 Å². The normalized spacial score (nSPS) is 10.2. The van der Waals surface area contributed by atoms with Crippen molar-refractivity contribution in [1.82, 2.24) is 0 Å². The number of rotatable bonds is 8. The van der Waals surface area contributed by atoms with E-state index in [0.29, 0.717) is 11.4 Å². The Bertz CT molecular complexity index is 335. The molecular formula is C14H21NOS. The number of hydrogen-bond acceptors (Lipinski definition) is 2. The van der Waals surface area contributed by atoms with Crippen molar-refractivity contribution < 1.29 is 4.74 Å². The van der Waals surface area contributed by atoms with E-state index < -0.39 is 0 Å². The largest absolute Gasteiger partial charge is 0.494 e. The third-order valence-electron chi connectivity index (χ3n) is 2.57. The minimum atomic E-state index is 0.526. The minimum Gasteiger partial charge on any atom is -0.494 e. The molecule has 1 aromatic carbocycles. The molecule has 0 saturated heterocycles. The summed E-state index contributed by atoms with van der Waals surface area (Å²) >= 11 is 4.87. The molecule has 0 bridgehead atoms. The first-order valence-electron chi connectivity index (χ1n) is 6.22. The smallest absolute Gasteiger partial charge is 0.119 e. The van der Waals surface area contributed by atoms with Gasteiger partial charge in [-0.2, -0.15) is 0 Å². The van der Waals surface area contributed by atoms with Gasteiger partial charge in [-0.25, -0.2) is 0 Å². The van der Waals surface area contributed by atoms with E-state index in [2.05, 4.69) is 6.92 Å². The average Bonchev–Trinajstić information content (AvgIpc) is 2.30. The molecule has 2 N–H and O–H groups in total. The summed E-state index contributed by atoms with van der Waals surface area (Å²) in [5.41, 5.74) is 6.62. The van der Waals surface area contributed by atoms with E-state index in [0.717, 1.165) is 24.3 Å². The molecule has 0 aliphatic heterocycles. The van der Waals surface area contributed by atoms with E-state index in [9.17, 15) is 0 Å². The highest BCUT2D eigenvalue weighted by Gasteiger charge is 1.97. The molecule has 17 heavy (non-hydrogen) atoms. The lowest BCUT2D eigenvalue weighted by Gasteiger charge is -2.06. The van der Waals surface area contributed by atoms with Crippen LogP contribution in [0.3, 0.4) is 0 Å². The molecule has 0 unspecified atom stereocenters. The van der Waals surface area contributed by atoms with Crippen LogP contribution in [-0.4, -0.2) is 11.6 Å². The molecule has 0 aliphatic carbocycles. The predicted molar refractivity (Wildman–Crippen MR) is 76.6 cm³/mol. The molecule has 2 nitrogen and oxygen atoms in total. The zero-order valence-corrected chi connectivity index (χ0v) is 11.3. The van der Waals surface area contributed by atoms with Gasteiger partial charge in [-0.15, -0.1) is 0 Å². The predicted octanol–water partition coefficient (Wildman–Crippen LogP) is 3.47. The number of nitrogens with two attached hydrogens (primary N) is 1. The Labute approximate surface area is 109 Å². The van der Waals surface area contributed by atoms with Crippen molar-refractivity contribution >= 4 is 17.2 Å². The van der Waals surface area contributed by atoms with E-state index in [1.54, 1.807) is 0 Å². The summed E-state index contributed by atoms with van der Waals surface area (Å²) in [4.78, 5) is 0.526. The van der Waals surface area contributed by atoms with Crippen molar-refractivity contribution in [3.8, 4) is 5.75 Å². The second-order valence-electron chi connectivity index (χ2n) is 4.20. The Morgan fingerprint density at radius 1 is 1.18 bits per heavy atom. The van der Waals surface area contributed by atoms with Gasteiger partial charge < -0.3 is 10.5 Å². The van der Waals surface area contributed by atoms with Crippen LogP contribution >= 0.6 is 12.2 Å². The first-order chi connectivity index (χ1) is 8.22. The molecule has 1 aromatic rings. The van der Waals surface area contributed by atoms with Crippen molar-refractivity contribution in [3.05, 3.63) is 29.8 Å². The van der Waals surface area contributed by atoms with Gasteiger partial charge in [0.15, 0.2) is 0 Å². The summed E-state index contributed by atoms with van der Waals surface area (Å²) in [5.74, 6) is 0.924. The molecule has 0 aromatic heterocycles. The lowest BCUT2D eigenvalue weighted by atomic mass is 10.1. The maximum Gasteiger partial charge on any atom is 0.119 e. The Kier molecular flexibility index (Phi) is 6.63.